The van der Waals surface area contributed by atoms with E-state index in [9.17, 15) is 9.59 Å². The highest BCUT2D eigenvalue weighted by atomic mass is 16.5. The van der Waals surface area contributed by atoms with Gasteiger partial charge in [0.05, 0.1) is 6.61 Å². The van der Waals surface area contributed by atoms with Crippen molar-refractivity contribution in [2.45, 2.75) is 6.92 Å². The van der Waals surface area contributed by atoms with Crippen LogP contribution in [0.15, 0.2) is 60.7 Å². The van der Waals surface area contributed by atoms with E-state index in [-0.39, 0.29) is 11.8 Å². The maximum absolute atomic E-state index is 11.8. The Balaban J connectivity index is 1.75. The van der Waals surface area contributed by atoms with Crippen LogP contribution in [-0.4, -0.2) is 31.5 Å². The van der Waals surface area contributed by atoms with Crippen LogP contribution >= 0.6 is 0 Å². The summed E-state index contributed by atoms with van der Waals surface area (Å²) in [7, 11) is 0. The number of ether oxygens (including phenoxy) is 1. The lowest BCUT2D eigenvalue weighted by atomic mass is 10.2. The monoisotopic (exact) mass is 338 g/mol. The molecule has 0 heterocycles. The summed E-state index contributed by atoms with van der Waals surface area (Å²) in [6, 6.07) is 16.5. The minimum Gasteiger partial charge on any atom is -0.493 e. The first-order valence-electron chi connectivity index (χ1n) is 8.21. The lowest BCUT2D eigenvalue weighted by Gasteiger charge is -2.07. The summed E-state index contributed by atoms with van der Waals surface area (Å²) >= 11 is 0. The van der Waals surface area contributed by atoms with Gasteiger partial charge in [-0.2, -0.15) is 0 Å². The molecule has 0 bridgehead atoms. The maximum atomic E-state index is 11.8. The van der Waals surface area contributed by atoms with E-state index in [4.69, 9.17) is 4.74 Å². The Morgan fingerprint density at radius 3 is 2.40 bits per heavy atom. The molecule has 0 unspecified atom stereocenters. The third-order valence-electron chi connectivity index (χ3n) is 3.38. The van der Waals surface area contributed by atoms with E-state index in [1.807, 2.05) is 49.4 Å². The summed E-state index contributed by atoms with van der Waals surface area (Å²) in [6.45, 7) is 3.20. The van der Waals surface area contributed by atoms with E-state index in [0.717, 1.165) is 11.3 Å². The number of benzene rings is 2. The van der Waals surface area contributed by atoms with Crippen LogP contribution in [0, 0.1) is 0 Å². The van der Waals surface area contributed by atoms with Gasteiger partial charge in [-0.15, -0.1) is 0 Å². The molecule has 0 aliphatic heterocycles. The van der Waals surface area contributed by atoms with Crippen molar-refractivity contribution in [3.63, 3.8) is 0 Å². The topological polar surface area (TPSA) is 67.4 Å². The Labute approximate surface area is 147 Å². The van der Waals surface area contributed by atoms with Gasteiger partial charge in [0.25, 0.3) is 5.91 Å². The van der Waals surface area contributed by atoms with Crippen LogP contribution in [0.3, 0.4) is 0 Å². The van der Waals surface area contributed by atoms with E-state index < -0.39 is 0 Å². The van der Waals surface area contributed by atoms with Gasteiger partial charge in [0, 0.05) is 30.3 Å². The fourth-order valence-corrected chi connectivity index (χ4v) is 2.18. The molecule has 0 aliphatic rings. The first kappa shape index (κ1) is 18.3. The van der Waals surface area contributed by atoms with Crippen LogP contribution in [0.25, 0.3) is 6.08 Å². The zero-order valence-electron chi connectivity index (χ0n) is 14.2. The summed E-state index contributed by atoms with van der Waals surface area (Å²) < 4.78 is 5.51. The van der Waals surface area contributed by atoms with E-state index in [1.165, 1.54) is 6.08 Å². The Bertz CT molecular complexity index is 727. The first-order valence-corrected chi connectivity index (χ1v) is 8.21. The molecule has 0 radical (unpaired) electrons. The predicted octanol–water partition coefficient (Wildman–Crippen LogP) is 2.64. The lowest BCUT2D eigenvalue weighted by molar-refractivity contribution is -0.116. The van der Waals surface area contributed by atoms with Gasteiger partial charge in [-0.25, -0.2) is 0 Å². The highest BCUT2D eigenvalue weighted by molar-refractivity contribution is 5.94. The average molecular weight is 338 g/mol. The van der Waals surface area contributed by atoms with E-state index in [0.29, 0.717) is 25.3 Å². The van der Waals surface area contributed by atoms with Crippen LogP contribution < -0.4 is 15.4 Å². The number of amides is 2. The van der Waals surface area contributed by atoms with E-state index >= 15 is 0 Å². The molecule has 0 saturated heterocycles. The van der Waals surface area contributed by atoms with Crippen LogP contribution in [-0.2, 0) is 4.79 Å². The summed E-state index contributed by atoms with van der Waals surface area (Å²) in [5.74, 6) is 0.362. The zero-order chi connectivity index (χ0) is 17.9. The lowest BCUT2D eigenvalue weighted by Crippen LogP contribution is -2.33. The van der Waals surface area contributed by atoms with Crippen molar-refractivity contribution in [2.75, 3.05) is 19.7 Å². The summed E-state index contributed by atoms with van der Waals surface area (Å²) in [4.78, 5) is 23.7. The molecule has 0 aliphatic carbocycles. The molecular formula is C20H22N2O3. The smallest absolute Gasteiger partial charge is 0.251 e. The van der Waals surface area contributed by atoms with E-state index in [1.54, 1.807) is 18.2 Å². The second-order valence-corrected chi connectivity index (χ2v) is 5.22. The summed E-state index contributed by atoms with van der Waals surface area (Å²) in [5, 5.41) is 5.49. The second kappa shape index (κ2) is 9.93. The van der Waals surface area contributed by atoms with Crippen molar-refractivity contribution >= 4 is 17.9 Å². The van der Waals surface area contributed by atoms with Crippen molar-refractivity contribution in [3.05, 3.63) is 71.8 Å². The second-order valence-electron chi connectivity index (χ2n) is 5.22. The van der Waals surface area contributed by atoms with Crippen molar-refractivity contribution in [2.24, 2.45) is 0 Å². The minimum atomic E-state index is -0.222. The van der Waals surface area contributed by atoms with Crippen molar-refractivity contribution in [3.8, 4) is 5.75 Å². The number of para-hydroxylation sites is 1. The molecule has 0 aromatic heterocycles. The highest BCUT2D eigenvalue weighted by Crippen LogP contribution is 2.19. The van der Waals surface area contributed by atoms with Crippen LogP contribution in [0.2, 0.25) is 0 Å². The minimum absolute atomic E-state index is 0.156. The fraction of sp³-hybridized carbons (Fsp3) is 0.200. The van der Waals surface area contributed by atoms with Gasteiger partial charge in [0.1, 0.15) is 5.75 Å². The van der Waals surface area contributed by atoms with Crippen molar-refractivity contribution in [1.82, 2.24) is 10.6 Å². The molecule has 2 aromatic rings. The van der Waals surface area contributed by atoms with E-state index in [2.05, 4.69) is 10.6 Å². The molecule has 25 heavy (non-hydrogen) atoms. The van der Waals surface area contributed by atoms with Gasteiger partial charge in [0.15, 0.2) is 0 Å². The van der Waals surface area contributed by atoms with Crippen molar-refractivity contribution < 1.29 is 14.3 Å². The van der Waals surface area contributed by atoms with Gasteiger partial charge in [-0.3, -0.25) is 9.59 Å². The van der Waals surface area contributed by atoms with Crippen molar-refractivity contribution in [1.29, 1.82) is 0 Å². The van der Waals surface area contributed by atoms with Gasteiger partial charge < -0.3 is 15.4 Å². The molecule has 5 nitrogen and oxygen atoms in total. The Morgan fingerprint density at radius 1 is 0.960 bits per heavy atom. The molecule has 2 N–H and O–H groups in total. The number of carbonyl (C=O) groups is 2. The van der Waals surface area contributed by atoms with Gasteiger partial charge >= 0.3 is 0 Å². The third-order valence-corrected chi connectivity index (χ3v) is 3.38. The number of rotatable bonds is 8. The Hall–Kier alpha value is -3.08. The van der Waals surface area contributed by atoms with Crippen LogP contribution in [0.4, 0.5) is 0 Å². The highest BCUT2D eigenvalue weighted by Gasteiger charge is 2.03. The quantitative estimate of drug-likeness (QED) is 0.574. The molecule has 2 aromatic carbocycles. The standard InChI is InChI=1S/C20H22N2O3/c1-2-25-18-11-7-6-8-16(18)12-13-19(23)21-14-15-22-20(24)17-9-4-3-5-10-17/h3-13H,2,14-15H2,1H3,(H,21,23)(H,22,24)/b13-12+. The van der Waals surface area contributed by atoms with Gasteiger partial charge in [0.2, 0.25) is 5.91 Å². The molecule has 0 fully saturated rings. The number of carbonyl (C=O) groups excluding carboxylic acids is 2. The normalized spacial score (nSPS) is 10.4. The Morgan fingerprint density at radius 2 is 1.64 bits per heavy atom. The van der Waals surface area contributed by atoms with Gasteiger partial charge in [-0.1, -0.05) is 36.4 Å². The fourth-order valence-electron chi connectivity index (χ4n) is 2.18. The molecular weight excluding hydrogens is 316 g/mol. The molecule has 130 valence electrons. The molecule has 5 heteroatoms. The number of nitrogens with one attached hydrogen (secondary N) is 2. The maximum Gasteiger partial charge on any atom is 0.251 e. The zero-order valence-corrected chi connectivity index (χ0v) is 14.2. The van der Waals surface area contributed by atoms with Crippen LogP contribution in [0.1, 0.15) is 22.8 Å². The summed E-state index contributed by atoms with van der Waals surface area (Å²) in [6.07, 6.45) is 3.17. The molecule has 0 atom stereocenters. The Kier molecular flexibility index (Phi) is 7.25. The largest absolute Gasteiger partial charge is 0.493 e. The molecule has 0 spiro atoms. The molecule has 2 rings (SSSR count). The molecule has 0 saturated carbocycles. The van der Waals surface area contributed by atoms with Gasteiger partial charge in [-0.05, 0) is 31.2 Å². The third kappa shape index (κ3) is 6.14. The predicted molar refractivity (Wildman–Crippen MR) is 98.4 cm³/mol. The molecule has 2 amide bonds. The van der Waals surface area contributed by atoms with Crippen LogP contribution in [0.5, 0.6) is 5.75 Å². The SMILES string of the molecule is CCOc1ccccc1/C=C/C(=O)NCCNC(=O)c1ccccc1. The average Bonchev–Trinajstić information content (AvgIpc) is 2.65. The number of hydrogen-bond acceptors (Lipinski definition) is 3. The summed E-state index contributed by atoms with van der Waals surface area (Å²) in [5.41, 5.74) is 1.44. The number of hydrogen-bond donors (Lipinski definition) is 2. The first-order chi connectivity index (χ1) is 12.2.